The van der Waals surface area contributed by atoms with Gasteiger partial charge >= 0.3 is 0 Å². The Morgan fingerprint density at radius 1 is 1.31 bits per heavy atom. The average Bonchev–Trinajstić information content (AvgIpc) is 2.68. The molecule has 0 saturated carbocycles. The molecule has 1 aromatic rings. The molecule has 1 fully saturated rings. The highest BCUT2D eigenvalue weighted by Crippen LogP contribution is 2.24. The zero-order valence-electron chi connectivity index (χ0n) is 8.96. The molecule has 0 spiro atoms. The van der Waals surface area contributed by atoms with E-state index in [1.54, 1.807) is 0 Å². The van der Waals surface area contributed by atoms with Crippen LogP contribution >= 0.6 is 0 Å². The van der Waals surface area contributed by atoms with E-state index < -0.39 is 11.6 Å². The van der Waals surface area contributed by atoms with Crippen molar-refractivity contribution in [3.05, 3.63) is 35.4 Å². The predicted molar refractivity (Wildman–Crippen MR) is 56.9 cm³/mol. The van der Waals surface area contributed by atoms with Crippen LogP contribution in [-0.4, -0.2) is 12.7 Å². The van der Waals surface area contributed by atoms with Gasteiger partial charge < -0.3 is 10.5 Å². The Balaban J connectivity index is 2.04. The minimum Gasteiger partial charge on any atom is -0.378 e. The quantitative estimate of drug-likeness (QED) is 0.861. The van der Waals surface area contributed by atoms with Gasteiger partial charge in [-0.1, -0.05) is 0 Å². The minimum atomic E-state index is -0.585. The lowest BCUT2D eigenvalue weighted by Crippen LogP contribution is -2.18. The fourth-order valence-corrected chi connectivity index (χ4v) is 2.04. The van der Waals surface area contributed by atoms with Gasteiger partial charge in [0.15, 0.2) is 0 Å². The normalized spacial score (nSPS) is 22.3. The van der Waals surface area contributed by atoms with Crippen molar-refractivity contribution in [1.29, 1.82) is 0 Å². The van der Waals surface area contributed by atoms with Crippen molar-refractivity contribution in [2.75, 3.05) is 6.61 Å². The minimum absolute atomic E-state index is 0.126. The van der Waals surface area contributed by atoms with Crippen LogP contribution in [0, 0.1) is 11.6 Å². The monoisotopic (exact) mass is 227 g/mol. The molecule has 1 aromatic carbocycles. The first kappa shape index (κ1) is 11.5. The van der Waals surface area contributed by atoms with E-state index in [-0.39, 0.29) is 12.1 Å². The maximum atomic E-state index is 13.0. The summed E-state index contributed by atoms with van der Waals surface area (Å²) in [5, 5.41) is 0. The summed E-state index contributed by atoms with van der Waals surface area (Å²) in [7, 11) is 0. The molecule has 2 atom stereocenters. The number of ether oxygens (including phenoxy) is 1. The van der Waals surface area contributed by atoms with Gasteiger partial charge in [0.1, 0.15) is 11.6 Å². The van der Waals surface area contributed by atoms with E-state index in [1.807, 2.05) is 0 Å². The number of benzene rings is 1. The molecule has 0 aromatic heterocycles. The van der Waals surface area contributed by atoms with Gasteiger partial charge in [-0.15, -0.1) is 0 Å². The standard InChI is InChI=1S/C12H15F2NO/c13-9-4-8(5-10(14)6-9)12(15)7-11-2-1-3-16-11/h4-6,11-12H,1-3,7,15H2. The van der Waals surface area contributed by atoms with Gasteiger partial charge in [0.05, 0.1) is 6.10 Å². The molecule has 1 saturated heterocycles. The molecule has 0 amide bonds. The Bertz CT molecular complexity index is 344. The third kappa shape index (κ3) is 2.77. The highest BCUT2D eigenvalue weighted by molar-refractivity contribution is 5.21. The molecule has 2 nitrogen and oxygen atoms in total. The summed E-state index contributed by atoms with van der Waals surface area (Å²) >= 11 is 0. The molecule has 0 bridgehead atoms. The SMILES string of the molecule is NC(CC1CCCO1)c1cc(F)cc(F)c1. The van der Waals surface area contributed by atoms with E-state index in [9.17, 15) is 8.78 Å². The topological polar surface area (TPSA) is 35.2 Å². The zero-order chi connectivity index (χ0) is 11.5. The lowest BCUT2D eigenvalue weighted by Gasteiger charge is -2.16. The van der Waals surface area contributed by atoms with Gasteiger partial charge in [-0.3, -0.25) is 0 Å². The summed E-state index contributed by atoms with van der Waals surface area (Å²) in [6.45, 7) is 0.759. The summed E-state index contributed by atoms with van der Waals surface area (Å²) in [4.78, 5) is 0. The van der Waals surface area contributed by atoms with Crippen LogP contribution in [-0.2, 0) is 4.74 Å². The molecular weight excluding hydrogens is 212 g/mol. The van der Waals surface area contributed by atoms with Gasteiger partial charge in [-0.05, 0) is 37.0 Å². The molecule has 2 rings (SSSR count). The summed E-state index contributed by atoms with van der Waals surface area (Å²) in [5.41, 5.74) is 6.39. The molecule has 88 valence electrons. The Kier molecular flexibility index (Phi) is 3.51. The molecule has 2 unspecified atom stereocenters. The lowest BCUT2D eigenvalue weighted by molar-refractivity contribution is 0.0983. The molecule has 4 heteroatoms. The van der Waals surface area contributed by atoms with Crippen LogP contribution in [0.2, 0.25) is 0 Å². The van der Waals surface area contributed by atoms with Crippen LogP contribution in [0.15, 0.2) is 18.2 Å². The van der Waals surface area contributed by atoms with Crippen LogP contribution in [0.4, 0.5) is 8.78 Å². The lowest BCUT2D eigenvalue weighted by atomic mass is 10.00. The molecule has 1 heterocycles. The summed E-state index contributed by atoms with van der Waals surface area (Å²) in [6, 6.07) is 3.04. The highest BCUT2D eigenvalue weighted by atomic mass is 19.1. The summed E-state index contributed by atoms with van der Waals surface area (Å²) < 4.78 is 31.4. The van der Waals surface area contributed by atoms with Crippen LogP contribution in [0.3, 0.4) is 0 Å². The van der Waals surface area contributed by atoms with Crippen molar-refractivity contribution >= 4 is 0 Å². The molecule has 0 aliphatic carbocycles. The summed E-state index contributed by atoms with van der Waals surface area (Å²) in [5.74, 6) is -1.17. The molecule has 2 N–H and O–H groups in total. The van der Waals surface area contributed by atoms with E-state index in [1.165, 1.54) is 12.1 Å². The third-order valence-corrected chi connectivity index (χ3v) is 2.85. The first-order valence-corrected chi connectivity index (χ1v) is 5.48. The van der Waals surface area contributed by atoms with Crippen molar-refractivity contribution in [2.45, 2.75) is 31.4 Å². The molecule has 0 radical (unpaired) electrons. The first-order chi connectivity index (χ1) is 7.65. The van der Waals surface area contributed by atoms with Crippen LogP contribution in [0.1, 0.15) is 30.9 Å². The van der Waals surface area contributed by atoms with E-state index in [0.29, 0.717) is 12.0 Å². The number of halogens is 2. The van der Waals surface area contributed by atoms with E-state index in [2.05, 4.69) is 0 Å². The molecule has 1 aliphatic heterocycles. The Morgan fingerprint density at radius 2 is 2.00 bits per heavy atom. The van der Waals surface area contributed by atoms with Crippen molar-refractivity contribution in [3.63, 3.8) is 0 Å². The predicted octanol–water partition coefficient (Wildman–Crippen LogP) is 2.53. The number of nitrogens with two attached hydrogens (primary N) is 1. The average molecular weight is 227 g/mol. The van der Waals surface area contributed by atoms with Crippen molar-refractivity contribution < 1.29 is 13.5 Å². The smallest absolute Gasteiger partial charge is 0.126 e. The van der Waals surface area contributed by atoms with Crippen LogP contribution in [0.25, 0.3) is 0 Å². The maximum Gasteiger partial charge on any atom is 0.126 e. The Morgan fingerprint density at radius 3 is 2.56 bits per heavy atom. The molecule has 16 heavy (non-hydrogen) atoms. The largest absolute Gasteiger partial charge is 0.378 e. The van der Waals surface area contributed by atoms with Gasteiger partial charge in [-0.2, -0.15) is 0 Å². The van der Waals surface area contributed by atoms with Crippen molar-refractivity contribution in [3.8, 4) is 0 Å². The van der Waals surface area contributed by atoms with Crippen LogP contribution < -0.4 is 5.73 Å². The number of hydrogen-bond acceptors (Lipinski definition) is 2. The maximum absolute atomic E-state index is 13.0. The number of hydrogen-bond donors (Lipinski definition) is 1. The van der Waals surface area contributed by atoms with E-state index >= 15 is 0 Å². The Hall–Kier alpha value is -1.00. The van der Waals surface area contributed by atoms with Gasteiger partial charge in [0, 0.05) is 18.7 Å². The first-order valence-electron chi connectivity index (χ1n) is 5.48. The second kappa shape index (κ2) is 4.89. The Labute approximate surface area is 93.4 Å². The molecule has 1 aliphatic rings. The van der Waals surface area contributed by atoms with Gasteiger partial charge in [-0.25, -0.2) is 8.78 Å². The van der Waals surface area contributed by atoms with Crippen LogP contribution in [0.5, 0.6) is 0 Å². The van der Waals surface area contributed by atoms with Gasteiger partial charge in [0.2, 0.25) is 0 Å². The fourth-order valence-electron chi connectivity index (χ4n) is 2.04. The van der Waals surface area contributed by atoms with Gasteiger partial charge in [0.25, 0.3) is 0 Å². The zero-order valence-corrected chi connectivity index (χ0v) is 8.96. The van der Waals surface area contributed by atoms with E-state index in [4.69, 9.17) is 10.5 Å². The van der Waals surface area contributed by atoms with Crippen molar-refractivity contribution in [2.24, 2.45) is 5.73 Å². The number of rotatable bonds is 3. The van der Waals surface area contributed by atoms with Crippen molar-refractivity contribution in [1.82, 2.24) is 0 Å². The fraction of sp³-hybridized carbons (Fsp3) is 0.500. The second-order valence-corrected chi connectivity index (χ2v) is 4.18. The second-order valence-electron chi connectivity index (χ2n) is 4.18. The third-order valence-electron chi connectivity index (χ3n) is 2.85. The summed E-state index contributed by atoms with van der Waals surface area (Å²) in [6.07, 6.45) is 2.75. The van der Waals surface area contributed by atoms with E-state index in [0.717, 1.165) is 25.5 Å². The highest BCUT2D eigenvalue weighted by Gasteiger charge is 2.20. The molecular formula is C12H15F2NO.